The zero-order valence-corrected chi connectivity index (χ0v) is 18.4. The second-order valence-electron chi connectivity index (χ2n) is 9.02. The number of hydrogen-bond donors (Lipinski definition) is 2. The summed E-state index contributed by atoms with van der Waals surface area (Å²) in [4.78, 5) is 7.91. The number of nitrogens with one attached hydrogen (secondary N) is 2. The van der Waals surface area contributed by atoms with Crippen LogP contribution in [0.2, 0.25) is 0 Å². The number of aromatic nitrogens is 4. The summed E-state index contributed by atoms with van der Waals surface area (Å²) >= 11 is 0. The maximum Gasteiger partial charge on any atom is 0.265 e. The largest absolute Gasteiger partial charge is 0.337 e. The Morgan fingerprint density at radius 1 is 1.27 bits per heavy atom. The molecule has 1 saturated carbocycles. The number of aromatic amines is 1. The number of para-hydroxylation sites is 1. The van der Waals surface area contributed by atoms with E-state index in [-0.39, 0.29) is 0 Å². The first kappa shape index (κ1) is 20.5. The molecule has 2 aromatic heterocycles. The molecule has 0 radical (unpaired) electrons. The van der Waals surface area contributed by atoms with E-state index in [9.17, 15) is 0 Å². The van der Waals surface area contributed by atoms with Crippen LogP contribution >= 0.6 is 0 Å². The van der Waals surface area contributed by atoms with Gasteiger partial charge < -0.3 is 4.98 Å². The maximum absolute atomic E-state index is 4.56. The fraction of sp³-hybridized carbons (Fsp3) is 0.500. The number of hydrazone groups is 1. The molecule has 1 aliphatic carbocycles. The minimum absolute atomic E-state index is 0.422. The van der Waals surface area contributed by atoms with Crippen molar-refractivity contribution >= 4 is 34.2 Å². The quantitative estimate of drug-likeness (QED) is 0.299. The van der Waals surface area contributed by atoms with Crippen molar-refractivity contribution in [2.24, 2.45) is 22.9 Å². The Hall–Kier alpha value is -2.76. The lowest BCUT2D eigenvalue weighted by Crippen LogP contribution is -2.24. The molecule has 3 aromatic rings. The Morgan fingerprint density at radius 3 is 2.93 bits per heavy atom. The number of H-pyrrole nitrogens is 1. The van der Waals surface area contributed by atoms with Crippen LogP contribution < -0.4 is 5.43 Å². The molecular weight excluding hydrogens is 372 g/mol. The molecule has 6 heteroatoms. The van der Waals surface area contributed by atoms with E-state index < -0.39 is 0 Å². The molecule has 1 fully saturated rings. The fourth-order valence-corrected chi connectivity index (χ4v) is 4.60. The van der Waals surface area contributed by atoms with E-state index in [0.717, 1.165) is 28.0 Å². The van der Waals surface area contributed by atoms with Crippen molar-refractivity contribution in [1.82, 2.24) is 20.2 Å². The Morgan fingerprint density at radius 2 is 2.13 bits per heavy atom. The lowest BCUT2D eigenvalue weighted by molar-refractivity contribution is 0.235. The van der Waals surface area contributed by atoms with Crippen molar-refractivity contribution in [3.63, 3.8) is 0 Å². The lowest BCUT2D eigenvalue weighted by Gasteiger charge is -2.32. The molecule has 158 valence electrons. The highest BCUT2D eigenvalue weighted by molar-refractivity contribution is 6.04. The summed E-state index contributed by atoms with van der Waals surface area (Å²) in [7, 11) is 0. The van der Waals surface area contributed by atoms with Crippen LogP contribution in [0.5, 0.6) is 0 Å². The minimum Gasteiger partial charge on any atom is -0.337 e. The third-order valence-electron chi connectivity index (χ3n) is 6.36. The highest BCUT2D eigenvalue weighted by atomic mass is 15.4. The number of nitrogens with zero attached hydrogens (tertiary/aromatic N) is 4. The summed E-state index contributed by atoms with van der Waals surface area (Å²) in [6.45, 7) is 8.78. The average Bonchev–Trinajstić information content (AvgIpc) is 3.09. The topological polar surface area (TPSA) is 78.8 Å². The van der Waals surface area contributed by atoms with Crippen LogP contribution in [0.15, 0.2) is 34.9 Å². The molecule has 6 nitrogen and oxygen atoms in total. The highest BCUT2D eigenvalue weighted by Crippen LogP contribution is 2.35. The van der Waals surface area contributed by atoms with E-state index in [1.54, 1.807) is 0 Å². The SMILES string of the molecule is CC(C)=CCC[C@@H]1CC[C@@H](/C=N/Nc2nnc3c(n2)[nH]c2c(C)cccc23)[C@@H](C)C1. The normalized spacial score (nSPS) is 22.1. The van der Waals surface area contributed by atoms with Crippen LogP contribution in [0.4, 0.5) is 5.95 Å². The minimum atomic E-state index is 0.422. The number of hydrogen-bond acceptors (Lipinski definition) is 5. The van der Waals surface area contributed by atoms with Crippen molar-refractivity contribution in [2.75, 3.05) is 5.43 Å². The molecule has 1 aliphatic rings. The summed E-state index contributed by atoms with van der Waals surface area (Å²) in [5, 5.41) is 14.1. The lowest BCUT2D eigenvalue weighted by atomic mass is 9.74. The molecule has 2 heterocycles. The van der Waals surface area contributed by atoms with Crippen molar-refractivity contribution in [1.29, 1.82) is 0 Å². The molecule has 2 N–H and O–H groups in total. The second-order valence-corrected chi connectivity index (χ2v) is 9.02. The highest BCUT2D eigenvalue weighted by Gasteiger charge is 2.26. The van der Waals surface area contributed by atoms with E-state index in [4.69, 9.17) is 0 Å². The zero-order chi connectivity index (χ0) is 21.1. The van der Waals surface area contributed by atoms with Crippen molar-refractivity contribution in [3.8, 4) is 0 Å². The summed E-state index contributed by atoms with van der Waals surface area (Å²) in [5.74, 6) is 2.42. The maximum atomic E-state index is 4.56. The van der Waals surface area contributed by atoms with Gasteiger partial charge in [-0.15, -0.1) is 10.2 Å². The first-order valence-corrected chi connectivity index (χ1v) is 11.1. The van der Waals surface area contributed by atoms with Crippen molar-refractivity contribution in [2.45, 2.75) is 59.8 Å². The molecule has 0 amide bonds. The first-order valence-electron chi connectivity index (χ1n) is 11.1. The molecule has 1 aromatic carbocycles. The third-order valence-corrected chi connectivity index (χ3v) is 6.36. The first-order chi connectivity index (χ1) is 14.5. The van der Waals surface area contributed by atoms with Gasteiger partial charge in [-0.1, -0.05) is 36.8 Å². The van der Waals surface area contributed by atoms with Crippen LogP contribution in [-0.4, -0.2) is 26.4 Å². The molecule has 0 unspecified atom stereocenters. The van der Waals surface area contributed by atoms with Crippen LogP contribution in [0, 0.1) is 24.7 Å². The van der Waals surface area contributed by atoms with Gasteiger partial charge in [0.15, 0.2) is 5.65 Å². The third kappa shape index (κ3) is 4.53. The van der Waals surface area contributed by atoms with Gasteiger partial charge in [-0.2, -0.15) is 10.1 Å². The number of benzene rings is 1. The smallest absolute Gasteiger partial charge is 0.265 e. The van der Waals surface area contributed by atoms with Gasteiger partial charge in [-0.25, -0.2) is 5.43 Å². The number of aryl methyl sites for hydroxylation is 1. The predicted molar refractivity (Wildman–Crippen MR) is 125 cm³/mol. The van der Waals surface area contributed by atoms with Crippen LogP contribution in [0.1, 0.15) is 58.4 Å². The monoisotopic (exact) mass is 404 g/mol. The average molecular weight is 405 g/mol. The Bertz CT molecular complexity index is 1080. The molecular formula is C24H32N6. The molecule has 4 rings (SSSR count). The van der Waals surface area contributed by atoms with Gasteiger partial charge in [0, 0.05) is 11.6 Å². The van der Waals surface area contributed by atoms with E-state index in [2.05, 4.69) is 70.5 Å². The van der Waals surface area contributed by atoms with Gasteiger partial charge in [0.25, 0.3) is 5.95 Å². The van der Waals surface area contributed by atoms with Gasteiger partial charge in [-0.3, -0.25) is 0 Å². The van der Waals surface area contributed by atoms with E-state index in [0.29, 0.717) is 17.8 Å². The van der Waals surface area contributed by atoms with Crippen molar-refractivity contribution < 1.29 is 0 Å². The molecule has 0 saturated heterocycles. The number of allylic oxidation sites excluding steroid dienone is 2. The fourth-order valence-electron chi connectivity index (χ4n) is 4.60. The van der Waals surface area contributed by atoms with Crippen LogP contribution in [-0.2, 0) is 0 Å². The van der Waals surface area contributed by atoms with Gasteiger partial charge in [-0.05, 0) is 76.2 Å². The molecule has 3 atom stereocenters. The summed E-state index contributed by atoms with van der Waals surface area (Å²) < 4.78 is 0. The number of fused-ring (bicyclic) bond motifs is 3. The van der Waals surface area contributed by atoms with E-state index in [1.807, 2.05) is 18.3 Å². The van der Waals surface area contributed by atoms with Crippen LogP contribution in [0.25, 0.3) is 22.1 Å². The summed E-state index contributed by atoms with van der Waals surface area (Å²) in [6, 6.07) is 6.15. The van der Waals surface area contributed by atoms with Crippen molar-refractivity contribution in [3.05, 3.63) is 35.4 Å². The van der Waals surface area contributed by atoms with Crippen LogP contribution in [0.3, 0.4) is 0 Å². The molecule has 0 aliphatic heterocycles. The molecule has 0 spiro atoms. The number of rotatable bonds is 6. The second kappa shape index (κ2) is 8.94. The Kier molecular flexibility index (Phi) is 6.11. The predicted octanol–water partition coefficient (Wildman–Crippen LogP) is 6.01. The Labute approximate surface area is 178 Å². The summed E-state index contributed by atoms with van der Waals surface area (Å²) in [6.07, 6.45) is 10.7. The van der Waals surface area contributed by atoms with Gasteiger partial charge in [0.05, 0.1) is 5.52 Å². The standard InChI is InChI=1S/C24H32N6/c1-15(2)7-5-9-18-11-12-19(17(4)13-18)14-25-29-24-27-23-22(28-30-24)20-10-6-8-16(3)21(20)26-23/h6-8,10,14,17-19H,5,9,11-13H2,1-4H3,(H2,26,27,29,30)/b25-14+/t17-,18+,19-/m0/s1. The zero-order valence-electron chi connectivity index (χ0n) is 18.4. The van der Waals surface area contributed by atoms with E-state index >= 15 is 0 Å². The van der Waals surface area contributed by atoms with Gasteiger partial charge in [0.2, 0.25) is 0 Å². The Balaban J connectivity index is 1.36. The van der Waals surface area contributed by atoms with Gasteiger partial charge in [0.1, 0.15) is 5.52 Å². The van der Waals surface area contributed by atoms with Gasteiger partial charge >= 0.3 is 0 Å². The summed E-state index contributed by atoms with van der Waals surface area (Å²) in [5.41, 5.74) is 8.16. The van der Waals surface area contributed by atoms with E-state index in [1.165, 1.54) is 43.2 Å². The molecule has 30 heavy (non-hydrogen) atoms. The number of anilines is 1. The molecule has 0 bridgehead atoms.